The molecule has 1 aliphatic heterocycles. The molecule has 1 aromatic carbocycles. The molecule has 2 heterocycles. The number of aromatic nitrogens is 1. The molecular formula is C12H12N2O3S. The van der Waals surface area contributed by atoms with Gasteiger partial charge in [0.15, 0.2) is 11.5 Å². The van der Waals surface area contributed by atoms with E-state index in [4.69, 9.17) is 19.7 Å². The Morgan fingerprint density at radius 1 is 1.28 bits per heavy atom. The van der Waals surface area contributed by atoms with Crippen LogP contribution in [0.25, 0.3) is 11.3 Å². The molecule has 0 bridgehead atoms. The Morgan fingerprint density at radius 3 is 2.83 bits per heavy atom. The molecule has 0 aliphatic carbocycles. The number of nitrogens with zero attached hydrogens (tertiary/aromatic N) is 1. The topological polar surface area (TPSA) is 70.5 Å². The van der Waals surface area contributed by atoms with Crippen LogP contribution in [0.1, 0.15) is 0 Å². The minimum absolute atomic E-state index is 0.298. The van der Waals surface area contributed by atoms with E-state index in [1.807, 2.05) is 18.4 Å². The third-order valence-electron chi connectivity index (χ3n) is 2.67. The first-order valence-corrected chi connectivity index (χ1v) is 6.71. The van der Waals surface area contributed by atoms with Crippen LogP contribution >= 0.6 is 11.8 Å². The van der Waals surface area contributed by atoms with Gasteiger partial charge in [-0.15, -0.1) is 11.8 Å². The van der Waals surface area contributed by atoms with Crippen molar-refractivity contribution in [2.45, 2.75) is 4.90 Å². The van der Waals surface area contributed by atoms with E-state index in [0.29, 0.717) is 24.8 Å². The van der Waals surface area contributed by atoms with Crippen LogP contribution in [0.4, 0.5) is 5.88 Å². The summed E-state index contributed by atoms with van der Waals surface area (Å²) in [6.07, 6.45) is 1.99. The maximum Gasteiger partial charge on any atom is 0.222 e. The summed E-state index contributed by atoms with van der Waals surface area (Å²) in [5, 5.41) is 3.93. The van der Waals surface area contributed by atoms with Crippen LogP contribution in [0.15, 0.2) is 27.6 Å². The van der Waals surface area contributed by atoms with Crippen molar-refractivity contribution in [3.8, 4) is 22.8 Å². The van der Waals surface area contributed by atoms with Gasteiger partial charge in [-0.25, -0.2) is 0 Å². The molecule has 18 heavy (non-hydrogen) atoms. The second-order valence-corrected chi connectivity index (χ2v) is 4.60. The Balaban J connectivity index is 2.15. The molecule has 5 nitrogen and oxygen atoms in total. The predicted molar refractivity (Wildman–Crippen MR) is 69.1 cm³/mol. The van der Waals surface area contributed by atoms with Gasteiger partial charge in [0.05, 0.1) is 4.90 Å². The number of anilines is 1. The van der Waals surface area contributed by atoms with Gasteiger partial charge < -0.3 is 19.7 Å². The maximum absolute atomic E-state index is 5.68. The summed E-state index contributed by atoms with van der Waals surface area (Å²) in [5.74, 6) is 1.84. The number of thioether (sulfide) groups is 1. The van der Waals surface area contributed by atoms with Gasteiger partial charge in [-0.3, -0.25) is 0 Å². The van der Waals surface area contributed by atoms with E-state index in [1.165, 1.54) is 0 Å². The molecule has 0 radical (unpaired) electrons. The minimum Gasteiger partial charge on any atom is -0.486 e. The number of rotatable bonds is 2. The first-order chi connectivity index (χ1) is 8.79. The number of fused-ring (bicyclic) bond motifs is 1. The number of hydrogen-bond donors (Lipinski definition) is 1. The largest absolute Gasteiger partial charge is 0.486 e. The van der Waals surface area contributed by atoms with E-state index in [0.717, 1.165) is 22.0 Å². The molecule has 94 valence electrons. The fourth-order valence-electron chi connectivity index (χ4n) is 1.91. The summed E-state index contributed by atoms with van der Waals surface area (Å²) >= 11 is 1.59. The fourth-order valence-corrected chi connectivity index (χ4v) is 2.65. The zero-order valence-electron chi connectivity index (χ0n) is 9.80. The third kappa shape index (κ3) is 1.78. The van der Waals surface area contributed by atoms with Crippen molar-refractivity contribution in [2.24, 2.45) is 0 Å². The molecule has 3 rings (SSSR count). The van der Waals surface area contributed by atoms with Crippen molar-refractivity contribution >= 4 is 17.6 Å². The summed E-state index contributed by atoms with van der Waals surface area (Å²) < 4.78 is 16.1. The molecule has 0 saturated carbocycles. The second kappa shape index (κ2) is 4.45. The molecule has 0 fully saturated rings. The van der Waals surface area contributed by atoms with Crippen LogP contribution in [0.3, 0.4) is 0 Å². The minimum atomic E-state index is 0.298. The Morgan fingerprint density at radius 2 is 2.11 bits per heavy atom. The second-order valence-electron chi connectivity index (χ2n) is 3.79. The lowest BCUT2D eigenvalue weighted by atomic mass is 10.1. The van der Waals surface area contributed by atoms with Gasteiger partial charge in [-0.1, -0.05) is 5.16 Å². The molecular weight excluding hydrogens is 252 g/mol. The quantitative estimate of drug-likeness (QED) is 0.840. The maximum atomic E-state index is 5.68. The number of benzene rings is 1. The van der Waals surface area contributed by atoms with E-state index in [2.05, 4.69) is 5.16 Å². The van der Waals surface area contributed by atoms with Crippen LogP contribution in [0.5, 0.6) is 11.5 Å². The van der Waals surface area contributed by atoms with Gasteiger partial charge in [0.2, 0.25) is 5.88 Å². The monoisotopic (exact) mass is 264 g/mol. The van der Waals surface area contributed by atoms with Gasteiger partial charge in [-0.2, -0.15) is 0 Å². The van der Waals surface area contributed by atoms with Crippen LogP contribution in [-0.2, 0) is 0 Å². The van der Waals surface area contributed by atoms with Gasteiger partial charge in [0.1, 0.15) is 18.9 Å². The van der Waals surface area contributed by atoms with Crippen LogP contribution in [-0.4, -0.2) is 24.6 Å². The molecule has 1 aliphatic rings. The SMILES string of the molecule is CSc1c(-c2cc(N)on2)ccc2c1OCCO2. The highest BCUT2D eigenvalue weighted by atomic mass is 32.2. The van der Waals surface area contributed by atoms with E-state index in [-0.39, 0.29) is 0 Å². The van der Waals surface area contributed by atoms with E-state index in [1.54, 1.807) is 17.8 Å². The molecule has 0 saturated heterocycles. The Labute approximate surface area is 108 Å². The molecule has 2 aromatic rings. The molecule has 0 unspecified atom stereocenters. The lowest BCUT2D eigenvalue weighted by Gasteiger charge is -2.21. The number of hydrogen-bond acceptors (Lipinski definition) is 6. The van der Waals surface area contributed by atoms with Crippen LogP contribution < -0.4 is 15.2 Å². The summed E-state index contributed by atoms with van der Waals surface area (Å²) in [4.78, 5) is 0.987. The average Bonchev–Trinajstić information content (AvgIpc) is 2.84. The standard InChI is InChI=1S/C12H12N2O3S/c1-18-12-7(8-6-10(13)17-14-8)2-3-9-11(12)16-5-4-15-9/h2-3,6H,4-5,13H2,1H3. The lowest BCUT2D eigenvalue weighted by molar-refractivity contribution is 0.167. The van der Waals surface area contributed by atoms with E-state index < -0.39 is 0 Å². The number of nitrogen functional groups attached to an aromatic ring is 1. The molecule has 2 N–H and O–H groups in total. The van der Waals surface area contributed by atoms with E-state index in [9.17, 15) is 0 Å². The molecule has 6 heteroatoms. The van der Waals surface area contributed by atoms with Crippen molar-refractivity contribution in [2.75, 3.05) is 25.2 Å². The van der Waals surface area contributed by atoms with Crippen LogP contribution in [0, 0.1) is 0 Å². The average molecular weight is 264 g/mol. The van der Waals surface area contributed by atoms with Gasteiger partial charge in [0, 0.05) is 11.6 Å². The van der Waals surface area contributed by atoms with Crippen molar-refractivity contribution in [1.82, 2.24) is 5.16 Å². The highest BCUT2D eigenvalue weighted by Gasteiger charge is 2.21. The van der Waals surface area contributed by atoms with Gasteiger partial charge in [0.25, 0.3) is 0 Å². The molecule has 0 amide bonds. The lowest BCUT2D eigenvalue weighted by Crippen LogP contribution is -2.16. The van der Waals surface area contributed by atoms with Crippen LogP contribution in [0.2, 0.25) is 0 Å². The number of ether oxygens (including phenoxy) is 2. The Hall–Kier alpha value is -1.82. The van der Waals surface area contributed by atoms with Crippen molar-refractivity contribution in [3.05, 3.63) is 18.2 Å². The normalized spacial score (nSPS) is 13.6. The summed E-state index contributed by atoms with van der Waals surface area (Å²) in [6, 6.07) is 5.52. The first kappa shape index (κ1) is 11.3. The fraction of sp³-hybridized carbons (Fsp3) is 0.250. The zero-order chi connectivity index (χ0) is 12.5. The highest BCUT2D eigenvalue weighted by Crippen LogP contribution is 2.44. The summed E-state index contributed by atoms with van der Waals surface area (Å²) in [5.41, 5.74) is 7.19. The highest BCUT2D eigenvalue weighted by molar-refractivity contribution is 7.98. The molecule has 1 aromatic heterocycles. The number of nitrogens with two attached hydrogens (primary N) is 1. The Kier molecular flexibility index (Phi) is 2.79. The van der Waals surface area contributed by atoms with Crippen molar-refractivity contribution in [3.63, 3.8) is 0 Å². The first-order valence-electron chi connectivity index (χ1n) is 5.48. The summed E-state index contributed by atoms with van der Waals surface area (Å²) in [7, 11) is 0. The predicted octanol–water partition coefficient (Wildman–Crippen LogP) is 2.42. The van der Waals surface area contributed by atoms with Crippen molar-refractivity contribution in [1.29, 1.82) is 0 Å². The zero-order valence-corrected chi connectivity index (χ0v) is 10.6. The Bertz CT molecular complexity index is 583. The molecule has 0 atom stereocenters. The van der Waals surface area contributed by atoms with Gasteiger partial charge >= 0.3 is 0 Å². The smallest absolute Gasteiger partial charge is 0.222 e. The molecule has 0 spiro atoms. The van der Waals surface area contributed by atoms with Crippen molar-refractivity contribution < 1.29 is 14.0 Å². The third-order valence-corrected chi connectivity index (χ3v) is 3.49. The van der Waals surface area contributed by atoms with Gasteiger partial charge in [-0.05, 0) is 18.4 Å². The van der Waals surface area contributed by atoms with E-state index >= 15 is 0 Å². The summed E-state index contributed by atoms with van der Waals surface area (Å²) in [6.45, 7) is 1.14.